The van der Waals surface area contributed by atoms with Gasteiger partial charge in [0, 0.05) is 29.6 Å². The molecule has 5 rings (SSSR count). The molecule has 2 aliphatic heterocycles. The summed E-state index contributed by atoms with van der Waals surface area (Å²) in [5, 5.41) is 20.5. The predicted octanol–water partition coefficient (Wildman–Crippen LogP) is 3.27. The van der Waals surface area contributed by atoms with Crippen LogP contribution in [0.3, 0.4) is 0 Å². The molecular weight excluding hydrogens is 536 g/mol. The molecule has 8 nitrogen and oxygen atoms in total. The van der Waals surface area contributed by atoms with Gasteiger partial charge in [-0.25, -0.2) is 0 Å². The van der Waals surface area contributed by atoms with Crippen molar-refractivity contribution in [3.63, 3.8) is 0 Å². The van der Waals surface area contributed by atoms with Gasteiger partial charge in [0.25, 0.3) is 11.8 Å². The monoisotopic (exact) mass is 572 g/mol. The minimum atomic E-state index is -1.53. The number of anilines is 1. The van der Waals surface area contributed by atoms with Gasteiger partial charge in [0.2, 0.25) is 5.91 Å². The van der Waals surface area contributed by atoms with Crippen LogP contribution in [0, 0.1) is 6.92 Å². The van der Waals surface area contributed by atoms with E-state index in [0.29, 0.717) is 12.1 Å². The van der Waals surface area contributed by atoms with Crippen LogP contribution in [-0.4, -0.2) is 63.6 Å². The quantitative estimate of drug-likeness (QED) is 0.313. The van der Waals surface area contributed by atoms with Gasteiger partial charge in [-0.1, -0.05) is 61.5 Å². The molecule has 1 saturated heterocycles. The summed E-state index contributed by atoms with van der Waals surface area (Å²) in [6.07, 6.45) is -0.441. The number of nitrogens with zero attached hydrogens (tertiary/aromatic N) is 1. The van der Waals surface area contributed by atoms with E-state index in [4.69, 9.17) is 0 Å². The number of amides is 3. The Balaban J connectivity index is 1.32. The summed E-state index contributed by atoms with van der Waals surface area (Å²) in [5.41, 5.74) is 5.51. The zero-order valence-electron chi connectivity index (χ0n) is 23.3. The lowest BCUT2D eigenvalue weighted by Crippen LogP contribution is -2.57. The number of nitrogens with one attached hydrogen (secondary N) is 3. The second-order valence-corrected chi connectivity index (χ2v) is 12.0. The normalized spacial score (nSPS) is 19.1. The molecule has 2 aliphatic rings. The highest BCUT2D eigenvalue weighted by atomic mass is 32.2. The summed E-state index contributed by atoms with van der Waals surface area (Å²) in [6.45, 7) is 5.08. The van der Waals surface area contributed by atoms with E-state index in [1.54, 1.807) is 6.07 Å². The van der Waals surface area contributed by atoms with E-state index in [1.165, 1.54) is 16.7 Å². The fourth-order valence-corrected chi connectivity index (χ4v) is 6.56. The largest absolute Gasteiger partial charge is 0.384 e. The Morgan fingerprint density at radius 2 is 1.83 bits per heavy atom. The van der Waals surface area contributed by atoms with Crippen molar-refractivity contribution in [2.24, 2.45) is 0 Å². The number of aliphatic hydroxyl groups is 1. The van der Waals surface area contributed by atoms with E-state index in [-0.39, 0.29) is 29.4 Å². The number of aliphatic hydroxyl groups excluding tert-OH is 1. The molecule has 0 saturated carbocycles. The lowest BCUT2D eigenvalue weighted by Gasteiger charge is -2.30. The zero-order valence-corrected chi connectivity index (χ0v) is 24.1. The molecule has 1 unspecified atom stereocenters. The Morgan fingerprint density at radius 3 is 2.61 bits per heavy atom. The van der Waals surface area contributed by atoms with Gasteiger partial charge >= 0.3 is 0 Å². The fraction of sp³-hybridized carbons (Fsp3) is 0.344. The van der Waals surface area contributed by atoms with Crippen molar-refractivity contribution < 1.29 is 19.5 Å². The van der Waals surface area contributed by atoms with E-state index < -0.39 is 24.1 Å². The molecule has 0 aliphatic carbocycles. The molecule has 0 spiro atoms. The number of fused-ring (bicyclic) bond motifs is 1. The Hall–Kier alpha value is -3.82. The number of benzene rings is 3. The van der Waals surface area contributed by atoms with Crippen LogP contribution in [0.5, 0.6) is 0 Å². The van der Waals surface area contributed by atoms with Gasteiger partial charge in [-0.2, -0.15) is 0 Å². The van der Waals surface area contributed by atoms with E-state index in [2.05, 4.69) is 16.0 Å². The molecule has 0 bridgehead atoms. The molecule has 4 atom stereocenters. The third kappa shape index (κ3) is 6.57. The SMILES string of the molecule is Cc1ccccc1CNC(=O)[C@@H]1C(C)SCN1C(=O)[C@@H](O)[C@H](Cc1ccccc1)NC(=O)c1ccc2c(c1)CCN2. The average molecular weight is 573 g/mol. The van der Waals surface area contributed by atoms with E-state index in [1.807, 2.05) is 80.6 Å². The molecule has 3 amide bonds. The van der Waals surface area contributed by atoms with Gasteiger partial charge in [-0.05, 0) is 60.2 Å². The Morgan fingerprint density at radius 1 is 1.07 bits per heavy atom. The minimum absolute atomic E-state index is 0.148. The van der Waals surface area contributed by atoms with Crippen LogP contribution in [0.4, 0.5) is 5.69 Å². The van der Waals surface area contributed by atoms with Gasteiger partial charge in [0.1, 0.15) is 6.04 Å². The smallest absolute Gasteiger partial charge is 0.254 e. The first kappa shape index (κ1) is 28.7. The van der Waals surface area contributed by atoms with Gasteiger partial charge < -0.3 is 26.0 Å². The summed E-state index contributed by atoms with van der Waals surface area (Å²) >= 11 is 1.49. The third-order valence-electron chi connectivity index (χ3n) is 7.85. The van der Waals surface area contributed by atoms with Crippen molar-refractivity contribution in [2.45, 2.75) is 56.7 Å². The van der Waals surface area contributed by atoms with Crippen LogP contribution in [0.1, 0.15) is 39.5 Å². The number of hydrogen-bond donors (Lipinski definition) is 4. The molecule has 3 aromatic rings. The first-order valence-corrected chi connectivity index (χ1v) is 15.0. The maximum atomic E-state index is 13.8. The van der Waals surface area contributed by atoms with Crippen molar-refractivity contribution in [2.75, 3.05) is 17.7 Å². The van der Waals surface area contributed by atoms with E-state index in [9.17, 15) is 19.5 Å². The van der Waals surface area contributed by atoms with E-state index >= 15 is 0 Å². The van der Waals surface area contributed by atoms with Crippen molar-refractivity contribution >= 4 is 35.2 Å². The Kier molecular flexibility index (Phi) is 8.95. The summed E-state index contributed by atoms with van der Waals surface area (Å²) in [6, 6.07) is 21.1. The van der Waals surface area contributed by atoms with Crippen molar-refractivity contribution in [3.8, 4) is 0 Å². The number of thioether (sulfide) groups is 1. The highest BCUT2D eigenvalue weighted by Gasteiger charge is 2.43. The van der Waals surface area contributed by atoms with Crippen LogP contribution in [-0.2, 0) is 29.0 Å². The molecule has 4 N–H and O–H groups in total. The van der Waals surface area contributed by atoms with E-state index in [0.717, 1.165) is 40.9 Å². The number of carbonyl (C=O) groups excluding carboxylic acids is 3. The molecule has 1 fully saturated rings. The Labute approximate surface area is 244 Å². The molecule has 41 heavy (non-hydrogen) atoms. The summed E-state index contributed by atoms with van der Waals surface area (Å²) in [5.74, 6) is -0.910. The van der Waals surface area contributed by atoms with Crippen molar-refractivity contribution in [1.82, 2.24) is 15.5 Å². The van der Waals surface area contributed by atoms with Crippen molar-refractivity contribution in [1.29, 1.82) is 0 Å². The predicted molar refractivity (Wildman–Crippen MR) is 162 cm³/mol. The number of aryl methyl sites for hydroxylation is 1. The number of carbonyl (C=O) groups is 3. The first-order valence-electron chi connectivity index (χ1n) is 14.0. The molecule has 0 radical (unpaired) electrons. The van der Waals surface area contributed by atoms with Gasteiger partial charge in [0.15, 0.2) is 6.10 Å². The van der Waals surface area contributed by atoms with Crippen LogP contribution in [0.2, 0.25) is 0 Å². The number of rotatable bonds is 9. The van der Waals surface area contributed by atoms with Crippen LogP contribution >= 0.6 is 11.8 Å². The molecular formula is C32H36N4O4S. The molecule has 3 aromatic carbocycles. The highest BCUT2D eigenvalue weighted by Crippen LogP contribution is 2.30. The maximum Gasteiger partial charge on any atom is 0.254 e. The Bertz CT molecular complexity index is 1420. The lowest BCUT2D eigenvalue weighted by atomic mass is 9.98. The van der Waals surface area contributed by atoms with Gasteiger partial charge in [-0.15, -0.1) is 11.8 Å². The van der Waals surface area contributed by atoms with Crippen LogP contribution in [0.15, 0.2) is 72.8 Å². The first-order chi connectivity index (χ1) is 19.8. The number of hydrogen-bond acceptors (Lipinski definition) is 6. The lowest BCUT2D eigenvalue weighted by molar-refractivity contribution is -0.146. The summed E-state index contributed by atoms with van der Waals surface area (Å²) < 4.78 is 0. The maximum absolute atomic E-state index is 13.8. The molecule has 2 heterocycles. The molecule has 9 heteroatoms. The van der Waals surface area contributed by atoms with Gasteiger partial charge in [0.05, 0.1) is 11.9 Å². The zero-order chi connectivity index (χ0) is 28.9. The second kappa shape index (κ2) is 12.8. The topological polar surface area (TPSA) is 111 Å². The highest BCUT2D eigenvalue weighted by molar-refractivity contribution is 8.00. The minimum Gasteiger partial charge on any atom is -0.384 e. The van der Waals surface area contributed by atoms with Gasteiger partial charge in [-0.3, -0.25) is 14.4 Å². The van der Waals surface area contributed by atoms with Crippen LogP contribution < -0.4 is 16.0 Å². The average Bonchev–Trinajstić information content (AvgIpc) is 3.62. The molecule has 0 aromatic heterocycles. The van der Waals surface area contributed by atoms with Crippen LogP contribution in [0.25, 0.3) is 0 Å². The summed E-state index contributed by atoms with van der Waals surface area (Å²) in [4.78, 5) is 41.9. The summed E-state index contributed by atoms with van der Waals surface area (Å²) in [7, 11) is 0. The second-order valence-electron chi connectivity index (χ2n) is 10.7. The third-order valence-corrected chi connectivity index (χ3v) is 9.06. The van der Waals surface area contributed by atoms with Crippen molar-refractivity contribution in [3.05, 3.63) is 101 Å². The standard InChI is InChI=1S/C32H36N4O4S/c1-20-8-6-7-11-25(20)18-34-31(39)28-21(2)41-19-36(28)32(40)29(37)27(16-22-9-4-3-5-10-22)35-30(38)24-12-13-26-23(17-24)14-15-33-26/h3-13,17,21,27-29,33,37H,14-16,18-19H2,1-2H3,(H,34,39)(H,35,38)/t21?,27-,28-,29-/m0/s1. The molecule has 214 valence electrons. The fourth-order valence-electron chi connectivity index (χ4n) is 5.42.